The minimum atomic E-state index is -2.44. The molecular weight excluding hydrogens is 246 g/mol. The molecule has 19 heavy (non-hydrogen) atoms. The maximum Gasteiger partial charge on any atom is 0.263 e. The van der Waals surface area contributed by atoms with Crippen LogP contribution in [-0.4, -0.2) is 5.11 Å². The molecule has 1 saturated carbocycles. The van der Waals surface area contributed by atoms with Gasteiger partial charge in [0.15, 0.2) is 0 Å². The molecule has 1 aliphatic carbocycles. The molecule has 1 aromatic carbocycles. The van der Waals surface area contributed by atoms with Crippen molar-refractivity contribution in [1.82, 2.24) is 0 Å². The van der Waals surface area contributed by atoms with Crippen LogP contribution in [0.25, 0.3) is 0 Å². The van der Waals surface area contributed by atoms with Gasteiger partial charge < -0.3 is 5.11 Å². The van der Waals surface area contributed by atoms with E-state index < -0.39 is 12.5 Å². The molecule has 3 unspecified atom stereocenters. The zero-order valence-electron chi connectivity index (χ0n) is 11.4. The second-order valence-electron chi connectivity index (χ2n) is 5.61. The summed E-state index contributed by atoms with van der Waals surface area (Å²) in [5.41, 5.74) is 0.789. The van der Waals surface area contributed by atoms with Gasteiger partial charge in [-0.15, -0.1) is 0 Å². The van der Waals surface area contributed by atoms with Crippen molar-refractivity contribution in [1.29, 1.82) is 0 Å². The fourth-order valence-corrected chi connectivity index (χ4v) is 3.10. The van der Waals surface area contributed by atoms with Crippen molar-refractivity contribution < 1.29 is 13.9 Å². The quantitative estimate of drug-likeness (QED) is 0.825. The third-order valence-electron chi connectivity index (χ3n) is 4.38. The third kappa shape index (κ3) is 3.53. The SMILES string of the molecule is CCC1CCCC(C(O)c2ccc(C(F)F)cc2)C1. The van der Waals surface area contributed by atoms with E-state index in [0.717, 1.165) is 31.2 Å². The van der Waals surface area contributed by atoms with Gasteiger partial charge in [0.05, 0.1) is 6.10 Å². The largest absolute Gasteiger partial charge is 0.388 e. The van der Waals surface area contributed by atoms with E-state index in [1.165, 1.54) is 18.6 Å². The molecular formula is C16H22F2O. The van der Waals surface area contributed by atoms with Crippen molar-refractivity contribution in [3.05, 3.63) is 35.4 Å². The van der Waals surface area contributed by atoms with Gasteiger partial charge in [0.2, 0.25) is 0 Å². The summed E-state index contributed by atoms with van der Waals surface area (Å²) in [7, 11) is 0. The van der Waals surface area contributed by atoms with Crippen LogP contribution in [0.1, 0.15) is 62.7 Å². The molecule has 106 valence electrons. The molecule has 1 fully saturated rings. The number of aliphatic hydroxyl groups excluding tert-OH is 1. The Bertz CT molecular complexity index is 388. The maximum absolute atomic E-state index is 12.5. The van der Waals surface area contributed by atoms with E-state index >= 15 is 0 Å². The van der Waals surface area contributed by atoms with Crippen molar-refractivity contribution in [3.63, 3.8) is 0 Å². The van der Waals surface area contributed by atoms with E-state index in [1.807, 2.05) is 0 Å². The molecule has 1 aliphatic rings. The van der Waals surface area contributed by atoms with E-state index in [1.54, 1.807) is 12.1 Å². The monoisotopic (exact) mass is 268 g/mol. The van der Waals surface area contributed by atoms with Crippen LogP contribution in [0.5, 0.6) is 0 Å². The van der Waals surface area contributed by atoms with Crippen molar-refractivity contribution in [2.24, 2.45) is 11.8 Å². The lowest BCUT2D eigenvalue weighted by atomic mass is 9.76. The summed E-state index contributed by atoms with van der Waals surface area (Å²) >= 11 is 0. The minimum absolute atomic E-state index is 0.0195. The van der Waals surface area contributed by atoms with Crippen LogP contribution in [0.3, 0.4) is 0 Å². The van der Waals surface area contributed by atoms with E-state index in [2.05, 4.69) is 6.92 Å². The molecule has 0 radical (unpaired) electrons. The lowest BCUT2D eigenvalue weighted by molar-refractivity contribution is 0.0677. The zero-order chi connectivity index (χ0) is 13.8. The summed E-state index contributed by atoms with van der Waals surface area (Å²) in [5.74, 6) is 0.977. The third-order valence-corrected chi connectivity index (χ3v) is 4.38. The van der Waals surface area contributed by atoms with E-state index in [-0.39, 0.29) is 11.5 Å². The molecule has 3 atom stereocenters. The van der Waals surface area contributed by atoms with Gasteiger partial charge in [0.1, 0.15) is 0 Å². The van der Waals surface area contributed by atoms with Crippen LogP contribution in [-0.2, 0) is 0 Å². The topological polar surface area (TPSA) is 20.2 Å². The normalized spacial score (nSPS) is 25.5. The first-order chi connectivity index (χ1) is 9.11. The molecule has 0 spiro atoms. The summed E-state index contributed by atoms with van der Waals surface area (Å²) in [6.45, 7) is 2.19. The van der Waals surface area contributed by atoms with Gasteiger partial charge in [0, 0.05) is 5.56 Å². The number of hydrogen-bond donors (Lipinski definition) is 1. The number of halogens is 2. The molecule has 1 nitrogen and oxygen atoms in total. The predicted octanol–water partition coefficient (Wildman–Crippen LogP) is 4.87. The maximum atomic E-state index is 12.5. The summed E-state index contributed by atoms with van der Waals surface area (Å²) in [6.07, 6.45) is 2.71. The van der Waals surface area contributed by atoms with Crippen molar-refractivity contribution in [3.8, 4) is 0 Å². The van der Waals surface area contributed by atoms with Gasteiger partial charge in [-0.05, 0) is 30.2 Å². The molecule has 0 heterocycles. The Labute approximate surface area is 113 Å². The Morgan fingerprint density at radius 3 is 2.37 bits per heavy atom. The molecule has 0 aromatic heterocycles. The molecule has 3 heteroatoms. The highest BCUT2D eigenvalue weighted by Gasteiger charge is 2.27. The molecule has 1 N–H and O–H groups in total. The van der Waals surface area contributed by atoms with Gasteiger partial charge in [-0.3, -0.25) is 0 Å². The van der Waals surface area contributed by atoms with Crippen molar-refractivity contribution in [2.75, 3.05) is 0 Å². The number of rotatable bonds is 4. The highest BCUT2D eigenvalue weighted by molar-refractivity contribution is 5.25. The summed E-state index contributed by atoms with van der Waals surface area (Å²) in [4.78, 5) is 0. The number of alkyl halides is 2. The lowest BCUT2D eigenvalue weighted by Crippen LogP contribution is -2.21. The smallest absolute Gasteiger partial charge is 0.263 e. The molecule has 0 amide bonds. The fourth-order valence-electron chi connectivity index (χ4n) is 3.10. The lowest BCUT2D eigenvalue weighted by Gasteiger charge is -2.32. The van der Waals surface area contributed by atoms with Gasteiger partial charge in [0.25, 0.3) is 6.43 Å². The van der Waals surface area contributed by atoms with Crippen LogP contribution in [0.15, 0.2) is 24.3 Å². The number of hydrogen-bond acceptors (Lipinski definition) is 1. The Hall–Kier alpha value is -0.960. The number of aliphatic hydroxyl groups is 1. The molecule has 0 aliphatic heterocycles. The Balaban J connectivity index is 2.04. The molecule has 1 aromatic rings. The van der Waals surface area contributed by atoms with Gasteiger partial charge in [-0.2, -0.15) is 0 Å². The Morgan fingerprint density at radius 2 is 1.79 bits per heavy atom. The second kappa shape index (κ2) is 6.47. The molecule has 0 saturated heterocycles. The highest BCUT2D eigenvalue weighted by atomic mass is 19.3. The van der Waals surface area contributed by atoms with Crippen LogP contribution < -0.4 is 0 Å². The minimum Gasteiger partial charge on any atom is -0.388 e. The fraction of sp³-hybridized carbons (Fsp3) is 0.625. The standard InChI is InChI=1S/C16H22F2O/c1-2-11-4-3-5-14(10-11)15(19)12-6-8-13(9-7-12)16(17)18/h6-9,11,14-16,19H,2-5,10H2,1H3. The van der Waals surface area contributed by atoms with E-state index in [0.29, 0.717) is 5.92 Å². The average molecular weight is 268 g/mol. The van der Waals surface area contributed by atoms with Crippen molar-refractivity contribution >= 4 is 0 Å². The number of benzene rings is 1. The van der Waals surface area contributed by atoms with E-state index in [4.69, 9.17) is 0 Å². The highest BCUT2D eigenvalue weighted by Crippen LogP contribution is 2.38. The van der Waals surface area contributed by atoms with Gasteiger partial charge in [-0.25, -0.2) is 8.78 Å². The van der Waals surface area contributed by atoms with Crippen LogP contribution in [0, 0.1) is 11.8 Å². The Kier molecular flexibility index (Phi) is 4.92. The first-order valence-corrected chi connectivity index (χ1v) is 7.18. The molecule has 0 bridgehead atoms. The Morgan fingerprint density at radius 1 is 1.16 bits per heavy atom. The summed E-state index contributed by atoms with van der Waals surface area (Å²) in [6, 6.07) is 6.12. The first-order valence-electron chi connectivity index (χ1n) is 7.18. The van der Waals surface area contributed by atoms with Crippen LogP contribution in [0.4, 0.5) is 8.78 Å². The zero-order valence-corrected chi connectivity index (χ0v) is 11.4. The molecule has 2 rings (SSSR count). The first kappa shape index (κ1) is 14.4. The van der Waals surface area contributed by atoms with E-state index in [9.17, 15) is 13.9 Å². The van der Waals surface area contributed by atoms with Gasteiger partial charge >= 0.3 is 0 Å². The van der Waals surface area contributed by atoms with Gasteiger partial charge in [-0.1, -0.05) is 50.5 Å². The summed E-state index contributed by atoms with van der Waals surface area (Å²) in [5, 5.41) is 10.4. The average Bonchev–Trinajstić information content (AvgIpc) is 2.46. The van der Waals surface area contributed by atoms with Crippen LogP contribution >= 0.6 is 0 Å². The second-order valence-corrected chi connectivity index (χ2v) is 5.61. The van der Waals surface area contributed by atoms with Crippen LogP contribution in [0.2, 0.25) is 0 Å². The predicted molar refractivity (Wildman–Crippen MR) is 72.1 cm³/mol. The summed E-state index contributed by atoms with van der Waals surface area (Å²) < 4.78 is 25.0. The van der Waals surface area contributed by atoms with Crippen molar-refractivity contribution in [2.45, 2.75) is 51.6 Å².